The van der Waals surface area contributed by atoms with Crippen LogP contribution in [0.1, 0.15) is 41.7 Å². The summed E-state index contributed by atoms with van der Waals surface area (Å²) in [6.07, 6.45) is 10.1. The lowest BCUT2D eigenvalue weighted by Crippen LogP contribution is -2.40. The summed E-state index contributed by atoms with van der Waals surface area (Å²) >= 11 is 1.26. The fourth-order valence-corrected chi connectivity index (χ4v) is 7.98. The Morgan fingerprint density at radius 2 is 2.00 bits per heavy atom. The Balaban J connectivity index is 1.43. The second-order valence-electron chi connectivity index (χ2n) is 8.57. The number of ether oxygens (including phenoxy) is 1. The Kier molecular flexibility index (Phi) is 6.99. The summed E-state index contributed by atoms with van der Waals surface area (Å²) in [5.74, 6) is 1.73. The molecule has 4 rings (SSSR count). The van der Waals surface area contributed by atoms with Gasteiger partial charge in [-0.25, -0.2) is 8.42 Å². The topological polar surface area (TPSA) is 46.6 Å². The minimum Gasteiger partial charge on any atom is -0.495 e. The number of aryl methyl sites for hydroxylation is 1. The highest BCUT2D eigenvalue weighted by Gasteiger charge is 2.33. The van der Waals surface area contributed by atoms with Crippen molar-refractivity contribution >= 4 is 27.1 Å². The van der Waals surface area contributed by atoms with Crippen LogP contribution in [-0.2, 0) is 27.6 Å². The summed E-state index contributed by atoms with van der Waals surface area (Å²) in [6, 6.07) is 12.3. The van der Waals surface area contributed by atoms with Crippen LogP contribution in [0.5, 0.6) is 0 Å². The highest BCUT2D eigenvalue weighted by atomic mass is 32.2. The first-order valence-electron chi connectivity index (χ1n) is 11.0. The largest absolute Gasteiger partial charge is 0.495 e. The quantitative estimate of drug-likeness (QED) is 0.406. The van der Waals surface area contributed by atoms with Crippen molar-refractivity contribution in [3.8, 4) is 0 Å². The van der Waals surface area contributed by atoms with Gasteiger partial charge in [0.05, 0.1) is 12.0 Å². The SMILES string of the molecule is C=C/C=C(\OC)c1ccc(S(=O)(=O)N2CCCC(CC3CCc4ccccc4C3)C2)s1. The van der Waals surface area contributed by atoms with Crippen LogP contribution in [0.25, 0.3) is 5.76 Å². The van der Waals surface area contributed by atoms with E-state index in [1.165, 1.54) is 28.9 Å². The second-order valence-corrected chi connectivity index (χ2v) is 11.8. The molecule has 1 aromatic carbocycles. The standard InChI is InChI=1S/C25H31NO3S2/c1-3-7-23(29-2)24-13-14-25(30-24)31(27,28)26-15-6-8-20(18-26)16-19-11-12-21-9-4-5-10-22(21)17-19/h3-5,7,9-10,13-14,19-20H,1,6,8,11-12,15-18H2,2H3/b23-7-. The van der Waals surface area contributed by atoms with E-state index in [9.17, 15) is 8.42 Å². The minimum absolute atomic E-state index is 0.391. The first-order valence-corrected chi connectivity index (χ1v) is 13.3. The predicted molar refractivity (Wildman–Crippen MR) is 128 cm³/mol. The molecule has 1 aliphatic carbocycles. The summed E-state index contributed by atoms with van der Waals surface area (Å²) in [5, 5.41) is 0. The number of benzene rings is 1. The van der Waals surface area contributed by atoms with Gasteiger partial charge in [-0.2, -0.15) is 4.31 Å². The lowest BCUT2D eigenvalue weighted by molar-refractivity contribution is 0.222. The first kappa shape index (κ1) is 22.3. The minimum atomic E-state index is -3.48. The zero-order valence-electron chi connectivity index (χ0n) is 18.1. The van der Waals surface area contributed by atoms with Gasteiger partial charge >= 0.3 is 0 Å². The van der Waals surface area contributed by atoms with Gasteiger partial charge in [0.2, 0.25) is 0 Å². The molecule has 0 radical (unpaired) electrons. The molecule has 2 atom stereocenters. The maximum absolute atomic E-state index is 13.3. The van der Waals surface area contributed by atoms with Crippen LogP contribution in [0.2, 0.25) is 0 Å². The van der Waals surface area contributed by atoms with Crippen molar-refractivity contribution in [3.05, 3.63) is 71.1 Å². The number of hydrogen-bond acceptors (Lipinski definition) is 4. The molecule has 166 valence electrons. The Morgan fingerprint density at radius 1 is 1.19 bits per heavy atom. The van der Waals surface area contributed by atoms with E-state index < -0.39 is 10.0 Å². The Hall–Kier alpha value is -1.89. The molecule has 0 saturated carbocycles. The van der Waals surface area contributed by atoms with E-state index in [1.807, 2.05) is 6.07 Å². The Morgan fingerprint density at radius 3 is 2.77 bits per heavy atom. The molecule has 0 N–H and O–H groups in total. The van der Waals surface area contributed by atoms with Crippen molar-refractivity contribution in [2.45, 2.75) is 42.7 Å². The van der Waals surface area contributed by atoms with Gasteiger partial charge in [-0.15, -0.1) is 11.3 Å². The molecule has 6 heteroatoms. The van der Waals surface area contributed by atoms with Gasteiger partial charge in [0, 0.05) is 13.1 Å². The molecule has 1 aliphatic heterocycles. The molecular formula is C25H31NO3S2. The summed E-state index contributed by atoms with van der Waals surface area (Å²) in [5.41, 5.74) is 2.97. The van der Waals surface area contributed by atoms with Crippen LogP contribution in [0.3, 0.4) is 0 Å². The monoisotopic (exact) mass is 457 g/mol. The van der Waals surface area contributed by atoms with E-state index in [0.717, 1.165) is 37.0 Å². The molecule has 0 bridgehead atoms. The number of piperidine rings is 1. The zero-order valence-corrected chi connectivity index (χ0v) is 19.8. The maximum atomic E-state index is 13.3. The summed E-state index contributed by atoms with van der Waals surface area (Å²) in [7, 11) is -1.89. The van der Waals surface area contributed by atoms with Crippen molar-refractivity contribution in [2.24, 2.45) is 11.8 Å². The van der Waals surface area contributed by atoms with Crippen molar-refractivity contribution in [1.82, 2.24) is 4.31 Å². The first-order chi connectivity index (χ1) is 15.0. The van der Waals surface area contributed by atoms with Crippen LogP contribution < -0.4 is 0 Å². The molecule has 1 fully saturated rings. The van der Waals surface area contributed by atoms with Gasteiger partial charge in [0.25, 0.3) is 10.0 Å². The van der Waals surface area contributed by atoms with E-state index in [-0.39, 0.29) is 0 Å². The van der Waals surface area contributed by atoms with Crippen LogP contribution in [0, 0.1) is 11.8 Å². The highest BCUT2D eigenvalue weighted by Crippen LogP contribution is 2.35. The van der Waals surface area contributed by atoms with Crippen molar-refractivity contribution in [3.63, 3.8) is 0 Å². The molecule has 2 heterocycles. The van der Waals surface area contributed by atoms with Gasteiger partial charge < -0.3 is 4.74 Å². The molecule has 1 aromatic heterocycles. The van der Waals surface area contributed by atoms with Crippen LogP contribution >= 0.6 is 11.3 Å². The number of rotatable bonds is 7. The van der Waals surface area contributed by atoms with E-state index in [4.69, 9.17) is 4.74 Å². The summed E-state index contributed by atoms with van der Waals surface area (Å²) < 4.78 is 34.1. The van der Waals surface area contributed by atoms with Gasteiger partial charge in [0.1, 0.15) is 9.97 Å². The third-order valence-corrected chi connectivity index (χ3v) is 9.94. The van der Waals surface area contributed by atoms with Gasteiger partial charge in [0.15, 0.2) is 0 Å². The molecule has 2 aromatic rings. The van der Waals surface area contributed by atoms with Crippen LogP contribution in [0.15, 0.2) is 59.3 Å². The molecule has 2 unspecified atom stereocenters. The fourth-order valence-electron chi connectivity index (χ4n) is 4.96. The lowest BCUT2D eigenvalue weighted by atomic mass is 9.78. The third-order valence-electron chi connectivity index (χ3n) is 6.50. The van der Waals surface area contributed by atoms with E-state index in [2.05, 4.69) is 30.8 Å². The number of allylic oxidation sites excluding steroid dienone is 2. The average molecular weight is 458 g/mol. The lowest BCUT2D eigenvalue weighted by Gasteiger charge is -2.34. The number of sulfonamides is 1. The molecule has 0 amide bonds. The van der Waals surface area contributed by atoms with Crippen molar-refractivity contribution in [1.29, 1.82) is 0 Å². The van der Waals surface area contributed by atoms with Gasteiger partial charge in [-0.3, -0.25) is 0 Å². The smallest absolute Gasteiger partial charge is 0.252 e. The maximum Gasteiger partial charge on any atom is 0.252 e. The average Bonchev–Trinajstić information content (AvgIpc) is 3.28. The molecule has 31 heavy (non-hydrogen) atoms. The van der Waals surface area contributed by atoms with E-state index in [1.54, 1.807) is 29.6 Å². The zero-order chi connectivity index (χ0) is 21.8. The van der Waals surface area contributed by atoms with E-state index >= 15 is 0 Å². The Bertz CT molecular complexity index is 1050. The van der Waals surface area contributed by atoms with Gasteiger partial charge in [-0.1, -0.05) is 36.9 Å². The molecule has 0 spiro atoms. The van der Waals surface area contributed by atoms with E-state index in [0.29, 0.717) is 34.9 Å². The van der Waals surface area contributed by atoms with Crippen LogP contribution in [-0.4, -0.2) is 32.9 Å². The molecule has 1 saturated heterocycles. The van der Waals surface area contributed by atoms with Crippen LogP contribution in [0.4, 0.5) is 0 Å². The summed E-state index contributed by atoms with van der Waals surface area (Å²) in [4.78, 5) is 0.801. The molecule has 2 aliphatic rings. The number of hydrogen-bond donors (Lipinski definition) is 0. The third kappa shape index (κ3) is 4.97. The summed E-state index contributed by atoms with van der Waals surface area (Å²) in [6.45, 7) is 4.94. The highest BCUT2D eigenvalue weighted by molar-refractivity contribution is 7.91. The Labute approximate surface area is 190 Å². The number of fused-ring (bicyclic) bond motifs is 1. The molecule has 4 nitrogen and oxygen atoms in total. The second kappa shape index (κ2) is 9.72. The predicted octanol–water partition coefficient (Wildman–Crippen LogP) is 5.52. The van der Waals surface area contributed by atoms with Gasteiger partial charge in [-0.05, 0) is 79.7 Å². The fraction of sp³-hybridized carbons (Fsp3) is 0.440. The van der Waals surface area contributed by atoms with Crippen molar-refractivity contribution in [2.75, 3.05) is 20.2 Å². The number of nitrogens with zero attached hydrogens (tertiary/aromatic N) is 1. The molecular weight excluding hydrogens is 426 g/mol. The number of methoxy groups -OCH3 is 1. The normalized spacial score (nSPS) is 22.7. The number of thiophene rings is 1. The van der Waals surface area contributed by atoms with Crippen molar-refractivity contribution < 1.29 is 13.2 Å².